The van der Waals surface area contributed by atoms with Crippen LogP contribution in [0.15, 0.2) is 77.7 Å². The Bertz CT molecular complexity index is 1310. The first-order chi connectivity index (χ1) is 16.3. The Morgan fingerprint density at radius 2 is 1.71 bits per heavy atom. The third-order valence-corrected chi connectivity index (χ3v) is 8.06. The number of hydrogen-bond donors (Lipinski definition) is 2. The highest BCUT2D eigenvalue weighted by Gasteiger charge is 2.47. The Kier molecular flexibility index (Phi) is 5.79. The molecule has 3 aromatic carbocycles. The number of para-hydroxylation sites is 2. The van der Waals surface area contributed by atoms with Crippen molar-refractivity contribution >= 4 is 16.0 Å². The van der Waals surface area contributed by atoms with Crippen LogP contribution in [0.4, 0.5) is 0 Å². The molecule has 4 atom stereocenters. The van der Waals surface area contributed by atoms with E-state index in [0.717, 1.165) is 5.56 Å². The molecule has 176 valence electrons. The molecular weight excluding hydrogens is 454 g/mol. The number of nitrogens with one attached hydrogen (secondary N) is 1. The van der Waals surface area contributed by atoms with E-state index < -0.39 is 21.9 Å². The van der Waals surface area contributed by atoms with Gasteiger partial charge in [-0.2, -0.15) is 0 Å². The fourth-order valence-electron chi connectivity index (χ4n) is 4.82. The molecule has 1 heterocycles. The molecule has 1 saturated carbocycles. The van der Waals surface area contributed by atoms with Gasteiger partial charge < -0.3 is 14.6 Å². The van der Waals surface area contributed by atoms with Crippen molar-refractivity contribution in [2.24, 2.45) is 0 Å². The lowest BCUT2D eigenvalue weighted by molar-refractivity contribution is -0.138. The number of fused-ring (bicyclic) bond motifs is 3. The highest BCUT2D eigenvalue weighted by atomic mass is 32.2. The predicted molar refractivity (Wildman–Crippen MR) is 126 cm³/mol. The summed E-state index contributed by atoms with van der Waals surface area (Å²) in [5, 5.41) is 9.45. The molecule has 5 rings (SSSR count). The van der Waals surface area contributed by atoms with Crippen molar-refractivity contribution in [3.63, 3.8) is 0 Å². The molecule has 7 nitrogen and oxygen atoms in total. The van der Waals surface area contributed by atoms with Crippen LogP contribution >= 0.6 is 0 Å². The molecule has 1 aliphatic carbocycles. The minimum atomic E-state index is -3.77. The summed E-state index contributed by atoms with van der Waals surface area (Å²) < 4.78 is 41.1. The van der Waals surface area contributed by atoms with Gasteiger partial charge in [-0.15, -0.1) is 0 Å². The second kappa shape index (κ2) is 8.77. The van der Waals surface area contributed by atoms with Crippen molar-refractivity contribution in [1.29, 1.82) is 0 Å². The first kappa shape index (κ1) is 22.4. The van der Waals surface area contributed by atoms with Crippen molar-refractivity contribution in [2.75, 3.05) is 0 Å². The molecular formula is C26H25NO6S. The molecule has 0 bridgehead atoms. The maximum Gasteiger partial charge on any atom is 0.310 e. The largest absolute Gasteiger partial charge is 0.489 e. The van der Waals surface area contributed by atoms with Crippen LogP contribution < -0.4 is 14.2 Å². The first-order valence-electron chi connectivity index (χ1n) is 11.2. The standard InChI is InChI=1S/C26H25NO6S/c1-16(26(28)29)20-8-5-9-21-24-22(14-15-23(24)33-25(20)21)27-34(30,31)19-12-10-18(11-13-19)32-17-6-3-2-4-7-17/h2-13,16,22-24,27H,14-15H2,1H3,(H,28,29). The van der Waals surface area contributed by atoms with E-state index in [-0.39, 0.29) is 23.0 Å². The van der Waals surface area contributed by atoms with Gasteiger partial charge in [-0.1, -0.05) is 36.4 Å². The molecule has 0 spiro atoms. The molecule has 0 saturated heterocycles. The number of rotatable bonds is 7. The maximum absolute atomic E-state index is 13.2. The van der Waals surface area contributed by atoms with E-state index in [1.54, 1.807) is 25.1 Å². The van der Waals surface area contributed by atoms with Crippen molar-refractivity contribution < 1.29 is 27.8 Å². The minimum absolute atomic E-state index is 0.156. The molecule has 8 heteroatoms. The summed E-state index contributed by atoms with van der Waals surface area (Å²) in [5.41, 5.74) is 1.49. The number of ether oxygens (including phenoxy) is 2. The van der Waals surface area contributed by atoms with Crippen LogP contribution in [0.3, 0.4) is 0 Å². The fraction of sp³-hybridized carbons (Fsp3) is 0.269. The summed E-state index contributed by atoms with van der Waals surface area (Å²) in [6, 6.07) is 20.7. The topological polar surface area (TPSA) is 102 Å². The average molecular weight is 480 g/mol. The number of carbonyl (C=O) groups is 1. The number of hydrogen-bond acceptors (Lipinski definition) is 5. The van der Waals surface area contributed by atoms with Crippen LogP contribution in [0, 0.1) is 0 Å². The second-order valence-electron chi connectivity index (χ2n) is 8.70. The van der Waals surface area contributed by atoms with E-state index in [0.29, 0.717) is 35.7 Å². The smallest absolute Gasteiger partial charge is 0.310 e. The summed E-state index contributed by atoms with van der Waals surface area (Å²) in [4.78, 5) is 11.7. The second-order valence-corrected chi connectivity index (χ2v) is 10.4. The van der Waals surface area contributed by atoms with Gasteiger partial charge in [-0.3, -0.25) is 4.79 Å². The van der Waals surface area contributed by atoms with Gasteiger partial charge in [0.1, 0.15) is 23.4 Å². The van der Waals surface area contributed by atoms with Gasteiger partial charge in [0, 0.05) is 23.1 Å². The molecule has 0 aromatic heterocycles. The number of sulfonamides is 1. The third kappa shape index (κ3) is 4.15. The Morgan fingerprint density at radius 3 is 2.41 bits per heavy atom. The quantitative estimate of drug-likeness (QED) is 0.511. The van der Waals surface area contributed by atoms with E-state index >= 15 is 0 Å². The van der Waals surface area contributed by atoms with Crippen LogP contribution in [0.2, 0.25) is 0 Å². The first-order valence-corrected chi connectivity index (χ1v) is 12.7. The van der Waals surface area contributed by atoms with Crippen molar-refractivity contribution in [3.8, 4) is 17.2 Å². The Labute approximate surface area is 198 Å². The van der Waals surface area contributed by atoms with Crippen LogP contribution in [0.5, 0.6) is 17.2 Å². The zero-order chi connectivity index (χ0) is 23.9. The van der Waals surface area contributed by atoms with Gasteiger partial charge in [0.05, 0.1) is 10.8 Å². The van der Waals surface area contributed by atoms with Gasteiger partial charge in [0.2, 0.25) is 10.0 Å². The van der Waals surface area contributed by atoms with Crippen LogP contribution in [-0.4, -0.2) is 31.6 Å². The molecule has 2 aliphatic rings. The summed E-state index contributed by atoms with van der Waals surface area (Å²) in [5.74, 6) is 0.00524. The molecule has 0 radical (unpaired) electrons. The van der Waals surface area contributed by atoms with Crippen molar-refractivity contribution in [1.82, 2.24) is 4.72 Å². The molecule has 1 aliphatic heterocycles. The molecule has 34 heavy (non-hydrogen) atoms. The fourth-order valence-corrected chi connectivity index (χ4v) is 6.11. The van der Waals surface area contributed by atoms with Gasteiger partial charge in [0.25, 0.3) is 0 Å². The van der Waals surface area contributed by atoms with Crippen LogP contribution in [0.1, 0.15) is 42.7 Å². The lowest BCUT2D eigenvalue weighted by Gasteiger charge is -2.20. The average Bonchev–Trinajstić information content (AvgIpc) is 3.39. The van der Waals surface area contributed by atoms with Crippen LogP contribution in [-0.2, 0) is 14.8 Å². The monoisotopic (exact) mass is 479 g/mol. The highest BCUT2D eigenvalue weighted by molar-refractivity contribution is 7.89. The SMILES string of the molecule is CC(C(=O)O)c1cccc2c1OC1CCC(NS(=O)(=O)c3ccc(Oc4ccccc4)cc3)C21. The van der Waals surface area contributed by atoms with E-state index in [4.69, 9.17) is 9.47 Å². The summed E-state index contributed by atoms with van der Waals surface area (Å²) in [6.07, 6.45) is 1.16. The molecule has 3 aromatic rings. The minimum Gasteiger partial charge on any atom is -0.489 e. The molecule has 4 unspecified atom stereocenters. The van der Waals surface area contributed by atoms with Gasteiger partial charge in [0.15, 0.2) is 0 Å². The van der Waals surface area contributed by atoms with Gasteiger partial charge >= 0.3 is 5.97 Å². The summed E-state index contributed by atoms with van der Waals surface area (Å²) >= 11 is 0. The number of carboxylic acids is 1. The molecule has 2 N–H and O–H groups in total. The lowest BCUT2D eigenvalue weighted by atomic mass is 9.90. The zero-order valence-electron chi connectivity index (χ0n) is 18.5. The lowest BCUT2D eigenvalue weighted by Crippen LogP contribution is -2.37. The van der Waals surface area contributed by atoms with E-state index in [9.17, 15) is 18.3 Å². The Morgan fingerprint density at radius 1 is 1.00 bits per heavy atom. The molecule has 0 amide bonds. The molecule has 1 fully saturated rings. The zero-order valence-corrected chi connectivity index (χ0v) is 19.4. The maximum atomic E-state index is 13.2. The normalized spacial score (nSPS) is 21.9. The Balaban J connectivity index is 1.34. The van der Waals surface area contributed by atoms with Crippen molar-refractivity contribution in [3.05, 3.63) is 83.9 Å². The van der Waals surface area contributed by atoms with Gasteiger partial charge in [-0.05, 0) is 56.2 Å². The third-order valence-electron chi connectivity index (χ3n) is 6.56. The predicted octanol–water partition coefficient (Wildman–Crippen LogP) is 4.65. The number of carboxylic acid groups (broad SMARTS) is 1. The number of benzene rings is 3. The Hall–Kier alpha value is -3.36. The van der Waals surface area contributed by atoms with Crippen molar-refractivity contribution in [2.45, 2.75) is 48.6 Å². The van der Waals surface area contributed by atoms with Gasteiger partial charge in [-0.25, -0.2) is 13.1 Å². The van der Waals surface area contributed by atoms with E-state index in [2.05, 4.69) is 4.72 Å². The highest BCUT2D eigenvalue weighted by Crippen LogP contribution is 2.50. The van der Waals surface area contributed by atoms with E-state index in [1.165, 1.54) is 12.1 Å². The van der Waals surface area contributed by atoms with Crippen LogP contribution in [0.25, 0.3) is 0 Å². The van der Waals surface area contributed by atoms with E-state index in [1.807, 2.05) is 42.5 Å². The summed E-state index contributed by atoms with van der Waals surface area (Å²) in [7, 11) is -3.77. The number of aliphatic carboxylic acids is 1. The summed E-state index contributed by atoms with van der Waals surface area (Å²) in [6.45, 7) is 1.63.